The lowest BCUT2D eigenvalue weighted by Gasteiger charge is -2.47. The Balaban J connectivity index is 2.13. The van der Waals surface area contributed by atoms with Gasteiger partial charge in [0, 0.05) is 18.0 Å². The van der Waals surface area contributed by atoms with Gasteiger partial charge in [0.2, 0.25) is 0 Å². The van der Waals surface area contributed by atoms with Gasteiger partial charge in [0.15, 0.2) is 0 Å². The highest BCUT2D eigenvalue weighted by atomic mass is 127. The summed E-state index contributed by atoms with van der Waals surface area (Å²) in [5.41, 5.74) is 0. The Morgan fingerprint density at radius 1 is 1.08 bits per heavy atom. The van der Waals surface area contributed by atoms with Gasteiger partial charge in [-0.25, -0.2) is 0 Å². The van der Waals surface area contributed by atoms with E-state index in [2.05, 4.69) is 124 Å². The van der Waals surface area contributed by atoms with E-state index < -0.39 is 8.32 Å². The predicted molar refractivity (Wildman–Crippen MR) is 169 cm³/mol. The second-order valence-corrected chi connectivity index (χ2v) is 16.9. The van der Waals surface area contributed by atoms with Crippen molar-refractivity contribution in [3.63, 3.8) is 0 Å². The number of benzene rings is 2. The van der Waals surface area contributed by atoms with Gasteiger partial charge in [-0.3, -0.25) is 0 Å². The maximum atomic E-state index is 7.70. The van der Waals surface area contributed by atoms with Gasteiger partial charge in [-0.2, -0.15) is 0 Å². The zero-order valence-electron chi connectivity index (χ0n) is 24.1. The summed E-state index contributed by atoms with van der Waals surface area (Å²) in [5.74, 6) is 0.781. The van der Waals surface area contributed by atoms with E-state index in [1.807, 2.05) is 6.08 Å². The summed E-state index contributed by atoms with van der Waals surface area (Å²) >= 11 is 2.47. The fourth-order valence-electron chi connectivity index (χ4n) is 5.91. The molecule has 0 amide bonds. The van der Waals surface area contributed by atoms with Crippen LogP contribution < -0.4 is 10.4 Å². The van der Waals surface area contributed by atoms with Crippen LogP contribution in [0.15, 0.2) is 73.3 Å². The van der Waals surface area contributed by atoms with E-state index in [-0.39, 0.29) is 42.2 Å². The van der Waals surface area contributed by atoms with Crippen molar-refractivity contribution in [1.82, 2.24) is 0 Å². The molecule has 0 N–H and O–H groups in total. The van der Waals surface area contributed by atoms with E-state index in [1.54, 1.807) is 7.11 Å². The normalized spacial score (nSPS) is 22.7. The van der Waals surface area contributed by atoms with Gasteiger partial charge >= 0.3 is 0 Å². The fraction of sp³-hybridized carbons (Fsp3) is 0.562. The third-order valence-electron chi connectivity index (χ3n) is 7.82. The molecule has 0 radical (unpaired) electrons. The summed E-state index contributed by atoms with van der Waals surface area (Å²) in [5, 5.41) is 2.44. The average molecular weight is 651 g/mol. The van der Waals surface area contributed by atoms with Crippen LogP contribution in [-0.4, -0.2) is 51.1 Å². The smallest absolute Gasteiger partial charge is 0.261 e. The highest BCUT2D eigenvalue weighted by molar-refractivity contribution is 14.1. The second kappa shape index (κ2) is 14.6. The average Bonchev–Trinajstić information content (AvgIpc) is 3.25. The van der Waals surface area contributed by atoms with Crippen LogP contribution in [0.4, 0.5) is 0 Å². The first-order chi connectivity index (χ1) is 18.2. The summed E-state index contributed by atoms with van der Waals surface area (Å²) in [7, 11) is -1.10. The fourth-order valence-corrected chi connectivity index (χ4v) is 11.1. The minimum absolute atomic E-state index is 0.119. The topological polar surface area (TPSA) is 36.9 Å². The molecule has 1 fully saturated rings. The van der Waals surface area contributed by atoms with Crippen molar-refractivity contribution >= 4 is 41.3 Å². The molecule has 3 rings (SSSR count). The van der Waals surface area contributed by atoms with E-state index in [4.69, 9.17) is 18.6 Å². The molecule has 6 heteroatoms. The molecule has 4 nitrogen and oxygen atoms in total. The Kier molecular flexibility index (Phi) is 12.1. The molecule has 0 aromatic heterocycles. The molecule has 0 bridgehead atoms. The first kappa shape index (κ1) is 31.5. The van der Waals surface area contributed by atoms with Gasteiger partial charge in [-0.1, -0.05) is 124 Å². The molecule has 0 saturated carbocycles. The molecule has 2 aromatic carbocycles. The molecule has 2 aromatic rings. The third-order valence-corrected chi connectivity index (χ3v) is 14.3. The zero-order chi connectivity index (χ0) is 27.8. The highest BCUT2D eigenvalue weighted by Crippen LogP contribution is 2.40. The summed E-state index contributed by atoms with van der Waals surface area (Å²) in [4.78, 5) is 0. The summed E-state index contributed by atoms with van der Waals surface area (Å²) < 4.78 is 27.1. The number of methoxy groups -OCH3 is 1. The van der Waals surface area contributed by atoms with E-state index in [0.29, 0.717) is 5.92 Å². The SMILES string of the molecule is C=CC[C@@H]1O[C@@H](C[C@@H](O[Si](c2ccccc2)(c2ccccc2)C(C)(C)C)[C@@H](OCOC)[C@H](C)CI)C[C@@H]1C. The van der Waals surface area contributed by atoms with Crippen molar-refractivity contribution in [2.45, 2.75) is 83.3 Å². The lowest BCUT2D eigenvalue weighted by atomic mass is 9.94. The number of halogens is 1. The van der Waals surface area contributed by atoms with Gasteiger partial charge in [0.25, 0.3) is 8.32 Å². The van der Waals surface area contributed by atoms with Crippen LogP contribution in [0.1, 0.15) is 53.9 Å². The number of hydrogen-bond donors (Lipinski definition) is 0. The molecule has 0 unspecified atom stereocenters. The van der Waals surface area contributed by atoms with Gasteiger partial charge < -0.3 is 18.6 Å². The monoisotopic (exact) mass is 650 g/mol. The van der Waals surface area contributed by atoms with Gasteiger partial charge in [-0.15, -0.1) is 6.58 Å². The van der Waals surface area contributed by atoms with E-state index in [1.165, 1.54) is 10.4 Å². The van der Waals surface area contributed by atoms with Crippen LogP contribution in [-0.2, 0) is 18.6 Å². The minimum Gasteiger partial charge on any atom is -0.402 e. The molecule has 6 atom stereocenters. The highest BCUT2D eigenvalue weighted by Gasteiger charge is 2.53. The molecule has 1 saturated heterocycles. The Morgan fingerprint density at radius 2 is 1.66 bits per heavy atom. The van der Waals surface area contributed by atoms with Gasteiger partial charge in [0.1, 0.15) is 6.79 Å². The maximum Gasteiger partial charge on any atom is 0.261 e. The summed E-state index contributed by atoms with van der Waals surface area (Å²) in [6.45, 7) is 15.7. The van der Waals surface area contributed by atoms with E-state index in [9.17, 15) is 0 Å². The maximum absolute atomic E-state index is 7.70. The van der Waals surface area contributed by atoms with Crippen molar-refractivity contribution in [2.24, 2.45) is 11.8 Å². The lowest BCUT2D eigenvalue weighted by Crippen LogP contribution is -2.69. The molecule has 1 heterocycles. The van der Waals surface area contributed by atoms with Crippen molar-refractivity contribution in [2.75, 3.05) is 18.3 Å². The molecule has 38 heavy (non-hydrogen) atoms. The predicted octanol–water partition coefficient (Wildman–Crippen LogP) is 6.75. The van der Waals surface area contributed by atoms with Crippen molar-refractivity contribution < 1.29 is 18.6 Å². The Bertz CT molecular complexity index is 925. The van der Waals surface area contributed by atoms with Crippen molar-refractivity contribution in [3.8, 4) is 0 Å². The second-order valence-electron chi connectivity index (χ2n) is 11.8. The Morgan fingerprint density at radius 3 is 2.13 bits per heavy atom. The Labute approximate surface area is 245 Å². The van der Waals surface area contributed by atoms with Crippen LogP contribution >= 0.6 is 22.6 Å². The third kappa shape index (κ3) is 7.37. The first-order valence-corrected chi connectivity index (χ1v) is 17.3. The zero-order valence-corrected chi connectivity index (χ0v) is 27.2. The van der Waals surface area contributed by atoms with Crippen LogP contribution in [0.2, 0.25) is 5.04 Å². The van der Waals surface area contributed by atoms with Crippen molar-refractivity contribution in [1.29, 1.82) is 0 Å². The lowest BCUT2D eigenvalue weighted by molar-refractivity contribution is -0.131. The van der Waals surface area contributed by atoms with Crippen LogP contribution in [0.5, 0.6) is 0 Å². The molecule has 1 aliphatic rings. The van der Waals surface area contributed by atoms with Gasteiger partial charge in [-0.05, 0) is 40.1 Å². The Hall–Kier alpha value is -1.03. The molecule has 210 valence electrons. The minimum atomic E-state index is -2.79. The molecular weight excluding hydrogens is 603 g/mol. The van der Waals surface area contributed by atoms with Crippen LogP contribution in [0.3, 0.4) is 0 Å². The molecule has 0 aliphatic carbocycles. The van der Waals surface area contributed by atoms with Crippen LogP contribution in [0.25, 0.3) is 0 Å². The molecule has 1 aliphatic heterocycles. The standard InChI is InChI=1S/C32H47IO4Si/c1-8-15-29-24(2)20-26(36-29)21-30(31(25(3)22-33)35-23-34-7)37-38(32(4,5)6,27-16-11-9-12-17-27)28-18-13-10-14-19-28/h8-14,16-19,24-26,29-31H,1,15,20-23H2,2-7H3/t24-,25+,26+,29-,30+,31-/m0/s1. The largest absolute Gasteiger partial charge is 0.402 e. The number of rotatable bonds is 14. The molecule has 0 spiro atoms. The van der Waals surface area contributed by atoms with Crippen LogP contribution in [0, 0.1) is 11.8 Å². The van der Waals surface area contributed by atoms with Gasteiger partial charge in [0.05, 0.1) is 24.4 Å². The van der Waals surface area contributed by atoms with E-state index >= 15 is 0 Å². The number of hydrogen-bond acceptors (Lipinski definition) is 4. The number of ether oxygens (including phenoxy) is 3. The van der Waals surface area contributed by atoms with E-state index in [0.717, 1.165) is 23.7 Å². The van der Waals surface area contributed by atoms with Crippen molar-refractivity contribution in [3.05, 3.63) is 73.3 Å². The summed E-state index contributed by atoms with van der Waals surface area (Å²) in [6, 6.07) is 21.7. The first-order valence-electron chi connectivity index (χ1n) is 13.9. The summed E-state index contributed by atoms with van der Waals surface area (Å²) in [6.07, 6.45) is 4.73. The molecular formula is C32H47IO4Si. The number of alkyl halides is 1. The quantitative estimate of drug-likeness (QED) is 0.0746.